The fourth-order valence-electron chi connectivity index (χ4n) is 2.23. The Morgan fingerprint density at radius 2 is 2.09 bits per heavy atom. The summed E-state index contributed by atoms with van der Waals surface area (Å²) in [5.74, 6) is -4.32. The molecule has 2 aromatic rings. The largest absolute Gasteiger partial charge is 0.438 e. The van der Waals surface area contributed by atoms with Gasteiger partial charge < -0.3 is 9.84 Å². The van der Waals surface area contributed by atoms with E-state index in [1.807, 2.05) is 0 Å². The Balaban J connectivity index is 2.00. The van der Waals surface area contributed by atoms with Crippen molar-refractivity contribution in [2.45, 2.75) is 18.4 Å². The van der Waals surface area contributed by atoms with Crippen molar-refractivity contribution in [3.05, 3.63) is 47.2 Å². The fourth-order valence-corrected chi connectivity index (χ4v) is 2.23. The first-order valence-corrected chi connectivity index (χ1v) is 6.19. The van der Waals surface area contributed by atoms with Crippen LogP contribution >= 0.6 is 0 Å². The zero-order chi connectivity index (χ0) is 15.9. The van der Waals surface area contributed by atoms with Gasteiger partial charge in [-0.15, -0.1) is 0 Å². The monoisotopic (exact) mass is 307 g/mol. The summed E-state index contributed by atoms with van der Waals surface area (Å²) in [5.41, 5.74) is -0.235. The van der Waals surface area contributed by atoms with Gasteiger partial charge in [-0.25, -0.2) is 23.1 Å². The number of benzene rings is 1. The van der Waals surface area contributed by atoms with Crippen LogP contribution in [-0.4, -0.2) is 21.0 Å². The van der Waals surface area contributed by atoms with E-state index in [9.17, 15) is 18.3 Å². The van der Waals surface area contributed by atoms with Crippen molar-refractivity contribution in [2.24, 2.45) is 0 Å². The minimum absolute atomic E-state index is 0.0195. The zero-order valence-corrected chi connectivity index (χ0v) is 10.9. The predicted molar refractivity (Wildman–Crippen MR) is 66.8 cm³/mol. The predicted octanol–water partition coefficient (Wildman–Crippen LogP) is 2.50. The molecule has 1 N–H and O–H groups in total. The van der Waals surface area contributed by atoms with Gasteiger partial charge in [0, 0.05) is 18.1 Å². The van der Waals surface area contributed by atoms with E-state index in [-0.39, 0.29) is 28.5 Å². The van der Waals surface area contributed by atoms with E-state index in [1.165, 1.54) is 6.07 Å². The van der Waals surface area contributed by atoms with Crippen molar-refractivity contribution < 1.29 is 23.0 Å². The molecule has 1 aromatic heterocycles. The number of aliphatic hydroxyl groups is 1. The highest BCUT2D eigenvalue weighted by Crippen LogP contribution is 2.45. The van der Waals surface area contributed by atoms with Crippen LogP contribution in [0.15, 0.2) is 24.5 Å². The first-order chi connectivity index (χ1) is 10.4. The van der Waals surface area contributed by atoms with Crippen LogP contribution in [0.2, 0.25) is 0 Å². The third-order valence-corrected chi connectivity index (χ3v) is 3.23. The Morgan fingerprint density at radius 3 is 2.82 bits per heavy atom. The molecule has 3 rings (SSSR count). The van der Waals surface area contributed by atoms with E-state index in [2.05, 4.69) is 9.97 Å². The number of rotatable bonds is 2. The number of hydrogen-bond acceptors (Lipinski definition) is 5. The molecular formula is C14H8F3N3O2. The number of aromatic nitrogens is 2. The van der Waals surface area contributed by atoms with Gasteiger partial charge in [-0.05, 0) is 12.1 Å². The molecule has 0 aliphatic heterocycles. The number of nitrogens with zero attached hydrogens (tertiary/aromatic N) is 3. The van der Waals surface area contributed by atoms with E-state index < -0.39 is 24.3 Å². The molecule has 0 saturated heterocycles. The summed E-state index contributed by atoms with van der Waals surface area (Å²) < 4.78 is 45.8. The van der Waals surface area contributed by atoms with Crippen molar-refractivity contribution in [3.8, 4) is 17.7 Å². The van der Waals surface area contributed by atoms with E-state index in [0.29, 0.717) is 0 Å². The average molecular weight is 307 g/mol. The van der Waals surface area contributed by atoms with Crippen molar-refractivity contribution >= 4 is 0 Å². The fraction of sp³-hybridized carbons (Fsp3) is 0.214. The van der Waals surface area contributed by atoms with Gasteiger partial charge in [-0.3, -0.25) is 0 Å². The summed E-state index contributed by atoms with van der Waals surface area (Å²) in [5, 5.41) is 18.3. The number of alkyl halides is 2. The molecule has 1 aromatic carbocycles. The summed E-state index contributed by atoms with van der Waals surface area (Å²) in [6, 6.07) is 5.01. The zero-order valence-electron chi connectivity index (χ0n) is 10.9. The summed E-state index contributed by atoms with van der Waals surface area (Å²) in [7, 11) is 0. The van der Waals surface area contributed by atoms with Crippen molar-refractivity contribution in [3.63, 3.8) is 0 Å². The minimum Gasteiger partial charge on any atom is -0.438 e. The van der Waals surface area contributed by atoms with Gasteiger partial charge >= 0.3 is 0 Å². The first kappa shape index (κ1) is 14.3. The molecule has 0 bridgehead atoms. The van der Waals surface area contributed by atoms with E-state index >= 15 is 0 Å². The highest BCUT2D eigenvalue weighted by atomic mass is 19.3. The smallest absolute Gasteiger partial charge is 0.283 e. The maximum Gasteiger partial charge on any atom is 0.283 e. The Bertz CT molecular complexity index is 789. The van der Waals surface area contributed by atoms with Crippen LogP contribution in [0.3, 0.4) is 0 Å². The summed E-state index contributed by atoms with van der Waals surface area (Å²) >= 11 is 0. The number of ether oxygens (including phenoxy) is 1. The lowest BCUT2D eigenvalue weighted by molar-refractivity contribution is -0.0981. The van der Waals surface area contributed by atoms with Crippen LogP contribution in [0.25, 0.3) is 0 Å². The van der Waals surface area contributed by atoms with Crippen LogP contribution in [0.1, 0.15) is 22.9 Å². The lowest BCUT2D eigenvalue weighted by atomic mass is 10.2. The molecule has 112 valence electrons. The quantitative estimate of drug-likeness (QED) is 0.922. The molecule has 5 nitrogen and oxygen atoms in total. The standard InChI is InChI=1S/C14H8F3N3O2/c15-8-1-7(5-18)2-9(3-8)22-13-10-4-14(16,17)12(21)11(10)19-6-20-13/h1-3,6,12,21H,4H2/t12-/m1/s1. The molecule has 1 atom stereocenters. The average Bonchev–Trinajstić information content (AvgIpc) is 2.70. The lowest BCUT2D eigenvalue weighted by Gasteiger charge is -2.11. The van der Waals surface area contributed by atoms with E-state index in [1.54, 1.807) is 6.07 Å². The molecule has 0 saturated carbocycles. The third-order valence-electron chi connectivity index (χ3n) is 3.23. The third kappa shape index (κ3) is 2.35. The number of nitriles is 1. The number of hydrogen-bond donors (Lipinski definition) is 1. The molecule has 8 heteroatoms. The first-order valence-electron chi connectivity index (χ1n) is 6.19. The number of halogens is 3. The van der Waals surface area contributed by atoms with Crippen LogP contribution in [0.5, 0.6) is 11.6 Å². The second-order valence-electron chi connectivity index (χ2n) is 4.77. The molecule has 0 fully saturated rings. The van der Waals surface area contributed by atoms with Gasteiger partial charge in [0.1, 0.15) is 17.9 Å². The van der Waals surface area contributed by atoms with E-state index in [0.717, 1.165) is 18.5 Å². The van der Waals surface area contributed by atoms with Crippen LogP contribution in [0.4, 0.5) is 13.2 Å². The van der Waals surface area contributed by atoms with Crippen molar-refractivity contribution in [1.29, 1.82) is 5.26 Å². The topological polar surface area (TPSA) is 79.0 Å². The Labute approximate surface area is 122 Å². The molecule has 0 amide bonds. The van der Waals surface area contributed by atoms with Crippen LogP contribution in [0, 0.1) is 17.1 Å². The van der Waals surface area contributed by atoms with E-state index in [4.69, 9.17) is 10.00 Å². The number of fused-ring (bicyclic) bond motifs is 1. The molecule has 1 heterocycles. The molecule has 0 radical (unpaired) electrons. The maximum absolute atomic E-state index is 13.6. The molecule has 22 heavy (non-hydrogen) atoms. The Hall–Kier alpha value is -2.66. The Kier molecular flexibility index (Phi) is 3.22. The minimum atomic E-state index is -3.36. The summed E-state index contributed by atoms with van der Waals surface area (Å²) in [4.78, 5) is 7.39. The second kappa shape index (κ2) is 4.96. The summed E-state index contributed by atoms with van der Waals surface area (Å²) in [6.07, 6.45) is -1.83. The number of aliphatic hydroxyl groups excluding tert-OH is 1. The van der Waals surface area contributed by atoms with Gasteiger partial charge in [-0.1, -0.05) is 0 Å². The highest BCUT2D eigenvalue weighted by molar-refractivity contribution is 5.43. The second-order valence-corrected chi connectivity index (χ2v) is 4.77. The van der Waals surface area contributed by atoms with Crippen LogP contribution < -0.4 is 4.74 Å². The van der Waals surface area contributed by atoms with Crippen molar-refractivity contribution in [2.75, 3.05) is 0 Å². The highest BCUT2D eigenvalue weighted by Gasteiger charge is 2.49. The lowest BCUT2D eigenvalue weighted by Crippen LogP contribution is -2.21. The van der Waals surface area contributed by atoms with Gasteiger partial charge in [-0.2, -0.15) is 5.26 Å². The Morgan fingerprint density at radius 1 is 1.32 bits per heavy atom. The maximum atomic E-state index is 13.6. The molecule has 1 aliphatic carbocycles. The normalized spacial score (nSPS) is 18.6. The molecule has 1 aliphatic rings. The van der Waals surface area contributed by atoms with Gasteiger partial charge in [0.15, 0.2) is 6.10 Å². The van der Waals surface area contributed by atoms with Crippen LogP contribution in [-0.2, 0) is 6.42 Å². The summed E-state index contributed by atoms with van der Waals surface area (Å²) in [6.45, 7) is 0. The SMILES string of the molecule is N#Cc1cc(F)cc(Oc2ncnc3c2CC(F)(F)[C@@H]3O)c1. The van der Waals surface area contributed by atoms with Gasteiger partial charge in [0.2, 0.25) is 5.88 Å². The van der Waals surface area contributed by atoms with Gasteiger partial charge in [0.05, 0.1) is 17.3 Å². The molecule has 0 unspecified atom stereocenters. The molecule has 0 spiro atoms. The van der Waals surface area contributed by atoms with Crippen molar-refractivity contribution in [1.82, 2.24) is 9.97 Å². The molecular weight excluding hydrogens is 299 g/mol. The van der Waals surface area contributed by atoms with Gasteiger partial charge in [0.25, 0.3) is 5.92 Å².